The molecule has 0 bridgehead atoms. The fourth-order valence-corrected chi connectivity index (χ4v) is 2.46. The molecular weight excluding hydrogens is 280 g/mol. The first-order chi connectivity index (χ1) is 9.63. The molecular formula is C16H16ClF2N. The van der Waals surface area contributed by atoms with E-state index in [9.17, 15) is 8.78 Å². The lowest BCUT2D eigenvalue weighted by molar-refractivity contribution is 0.473. The molecule has 2 rings (SSSR count). The predicted octanol–water partition coefficient (Wildman–Crippen LogP) is 4.51. The first-order valence-corrected chi connectivity index (χ1v) is 6.92. The maximum Gasteiger partial charge on any atom is 0.130 e. The van der Waals surface area contributed by atoms with Gasteiger partial charge in [-0.25, -0.2) is 8.78 Å². The van der Waals surface area contributed by atoms with Gasteiger partial charge in [-0.3, -0.25) is 0 Å². The number of likely N-dealkylation sites (N-methyl/N-ethyl adjacent to an activating group) is 1. The molecule has 0 fully saturated rings. The predicted molar refractivity (Wildman–Crippen MR) is 77.9 cm³/mol. The number of benzene rings is 2. The van der Waals surface area contributed by atoms with Gasteiger partial charge in [-0.15, -0.1) is 0 Å². The van der Waals surface area contributed by atoms with E-state index in [0.29, 0.717) is 18.0 Å². The van der Waals surface area contributed by atoms with Gasteiger partial charge >= 0.3 is 0 Å². The Morgan fingerprint density at radius 2 is 1.70 bits per heavy atom. The van der Waals surface area contributed by atoms with Crippen LogP contribution in [0.5, 0.6) is 0 Å². The molecule has 0 aliphatic carbocycles. The Morgan fingerprint density at radius 3 is 2.30 bits per heavy atom. The number of rotatable bonds is 5. The van der Waals surface area contributed by atoms with Crippen LogP contribution in [0.4, 0.5) is 8.78 Å². The van der Waals surface area contributed by atoms with Crippen molar-refractivity contribution in [3.8, 4) is 0 Å². The summed E-state index contributed by atoms with van der Waals surface area (Å²) in [5, 5.41) is 3.72. The summed E-state index contributed by atoms with van der Waals surface area (Å²) < 4.78 is 27.8. The van der Waals surface area contributed by atoms with Crippen LogP contribution in [0.15, 0.2) is 42.5 Å². The van der Waals surface area contributed by atoms with Gasteiger partial charge in [0.25, 0.3) is 0 Å². The lowest BCUT2D eigenvalue weighted by atomic mass is 9.97. The number of hydrogen-bond donors (Lipinski definition) is 1. The Hall–Kier alpha value is -1.45. The molecule has 20 heavy (non-hydrogen) atoms. The molecule has 1 N–H and O–H groups in total. The van der Waals surface area contributed by atoms with Crippen molar-refractivity contribution < 1.29 is 8.78 Å². The van der Waals surface area contributed by atoms with Crippen LogP contribution in [-0.2, 0) is 6.42 Å². The van der Waals surface area contributed by atoms with E-state index in [4.69, 9.17) is 11.6 Å². The molecule has 106 valence electrons. The zero-order valence-electron chi connectivity index (χ0n) is 11.2. The van der Waals surface area contributed by atoms with Gasteiger partial charge in [-0.1, -0.05) is 42.8 Å². The summed E-state index contributed by atoms with van der Waals surface area (Å²) in [4.78, 5) is 0. The first-order valence-electron chi connectivity index (χ1n) is 6.54. The average molecular weight is 296 g/mol. The van der Waals surface area contributed by atoms with E-state index >= 15 is 0 Å². The monoisotopic (exact) mass is 295 g/mol. The van der Waals surface area contributed by atoms with Crippen molar-refractivity contribution >= 4 is 11.6 Å². The van der Waals surface area contributed by atoms with Crippen LogP contribution in [0.1, 0.15) is 24.1 Å². The highest BCUT2D eigenvalue weighted by Crippen LogP contribution is 2.27. The summed E-state index contributed by atoms with van der Waals surface area (Å²) in [5.74, 6) is -1.08. The maximum atomic E-state index is 13.9. The van der Waals surface area contributed by atoms with E-state index in [-0.39, 0.29) is 5.56 Å². The lowest BCUT2D eigenvalue weighted by Gasteiger charge is -2.20. The molecule has 0 amide bonds. The zero-order chi connectivity index (χ0) is 14.5. The molecule has 4 heteroatoms. The summed E-state index contributed by atoms with van der Waals surface area (Å²) in [6.45, 7) is 2.52. The molecule has 1 nitrogen and oxygen atoms in total. The van der Waals surface area contributed by atoms with Gasteiger partial charge in [0, 0.05) is 16.6 Å². The van der Waals surface area contributed by atoms with Crippen molar-refractivity contribution in [1.29, 1.82) is 0 Å². The Bertz CT molecular complexity index is 566. The molecule has 1 unspecified atom stereocenters. The topological polar surface area (TPSA) is 12.0 Å². The molecule has 0 heterocycles. The van der Waals surface area contributed by atoms with Gasteiger partial charge in [-0.05, 0) is 36.7 Å². The molecule has 1 atom stereocenters. The third kappa shape index (κ3) is 3.35. The first kappa shape index (κ1) is 14.9. The summed E-state index contributed by atoms with van der Waals surface area (Å²) >= 11 is 6.12. The molecule has 0 saturated carbocycles. The number of nitrogens with one attached hydrogen (secondary N) is 1. The van der Waals surface area contributed by atoms with E-state index in [1.54, 1.807) is 6.07 Å². The van der Waals surface area contributed by atoms with Crippen molar-refractivity contribution in [3.05, 3.63) is 70.2 Å². The van der Waals surface area contributed by atoms with E-state index < -0.39 is 17.7 Å². The maximum absolute atomic E-state index is 13.9. The third-order valence-electron chi connectivity index (χ3n) is 3.18. The minimum Gasteiger partial charge on any atom is -0.310 e. The highest BCUT2D eigenvalue weighted by molar-refractivity contribution is 6.31. The van der Waals surface area contributed by atoms with Crippen LogP contribution in [0.3, 0.4) is 0 Å². The Kier molecular flexibility index (Phi) is 5.10. The average Bonchev–Trinajstić information content (AvgIpc) is 2.41. The molecule has 0 aromatic heterocycles. The highest BCUT2D eigenvalue weighted by atomic mass is 35.5. The van der Waals surface area contributed by atoms with Crippen LogP contribution in [0, 0.1) is 11.6 Å². The molecule has 0 aliphatic heterocycles. The van der Waals surface area contributed by atoms with Crippen LogP contribution in [0.2, 0.25) is 5.02 Å². The molecule has 2 aromatic carbocycles. The minimum atomic E-state index is -0.539. The van der Waals surface area contributed by atoms with Crippen LogP contribution in [0.25, 0.3) is 0 Å². The smallest absolute Gasteiger partial charge is 0.130 e. The second kappa shape index (κ2) is 6.82. The summed E-state index contributed by atoms with van der Waals surface area (Å²) in [6.07, 6.45) is 0.436. The molecule has 0 aliphatic rings. The van der Waals surface area contributed by atoms with Crippen molar-refractivity contribution in [1.82, 2.24) is 5.32 Å². The van der Waals surface area contributed by atoms with Crippen LogP contribution < -0.4 is 5.32 Å². The van der Waals surface area contributed by atoms with E-state index in [1.807, 2.05) is 25.1 Å². The van der Waals surface area contributed by atoms with Gasteiger partial charge in [0.2, 0.25) is 0 Å². The van der Waals surface area contributed by atoms with Gasteiger partial charge in [0.05, 0.1) is 0 Å². The normalized spacial score (nSPS) is 12.4. The van der Waals surface area contributed by atoms with Crippen molar-refractivity contribution in [2.45, 2.75) is 19.4 Å². The Balaban J connectivity index is 2.35. The largest absolute Gasteiger partial charge is 0.310 e. The number of halogens is 3. The Morgan fingerprint density at radius 1 is 1.05 bits per heavy atom. The van der Waals surface area contributed by atoms with Gasteiger partial charge < -0.3 is 5.32 Å². The molecule has 2 aromatic rings. The third-order valence-corrected chi connectivity index (χ3v) is 3.55. The van der Waals surface area contributed by atoms with Crippen molar-refractivity contribution in [2.75, 3.05) is 6.54 Å². The fraction of sp³-hybridized carbons (Fsp3) is 0.250. The summed E-state index contributed by atoms with van der Waals surface area (Å²) in [5.41, 5.74) is 0.928. The van der Waals surface area contributed by atoms with Gasteiger partial charge in [0.1, 0.15) is 11.6 Å². The van der Waals surface area contributed by atoms with Gasteiger partial charge in [0.15, 0.2) is 0 Å². The second-order valence-corrected chi connectivity index (χ2v) is 4.95. The quantitative estimate of drug-likeness (QED) is 0.855. The van der Waals surface area contributed by atoms with E-state index in [1.165, 1.54) is 18.2 Å². The van der Waals surface area contributed by atoms with E-state index in [0.717, 1.165) is 5.56 Å². The zero-order valence-corrected chi connectivity index (χ0v) is 11.9. The van der Waals surface area contributed by atoms with E-state index in [2.05, 4.69) is 5.32 Å². The Labute approximate surface area is 122 Å². The lowest BCUT2D eigenvalue weighted by Crippen LogP contribution is -2.25. The molecule has 0 spiro atoms. The fourth-order valence-electron chi connectivity index (χ4n) is 2.25. The summed E-state index contributed by atoms with van der Waals surface area (Å²) in [6, 6.07) is 10.8. The minimum absolute atomic E-state index is 0.0641. The number of hydrogen-bond acceptors (Lipinski definition) is 1. The van der Waals surface area contributed by atoms with Crippen molar-refractivity contribution in [3.63, 3.8) is 0 Å². The second-order valence-electron chi connectivity index (χ2n) is 4.54. The highest BCUT2D eigenvalue weighted by Gasteiger charge is 2.20. The SMILES string of the molecule is CCNC(Cc1ccccc1Cl)c1c(F)cccc1F. The van der Waals surface area contributed by atoms with Gasteiger partial charge in [-0.2, -0.15) is 0 Å². The van der Waals surface area contributed by atoms with Crippen LogP contribution >= 0.6 is 11.6 Å². The summed E-state index contributed by atoms with van der Waals surface area (Å²) in [7, 11) is 0. The van der Waals surface area contributed by atoms with Crippen molar-refractivity contribution in [2.24, 2.45) is 0 Å². The van der Waals surface area contributed by atoms with Crippen LogP contribution in [-0.4, -0.2) is 6.54 Å². The standard InChI is InChI=1S/C16H16ClF2N/c1-2-20-15(10-11-6-3-4-7-12(11)17)16-13(18)8-5-9-14(16)19/h3-9,15,20H,2,10H2,1H3. The molecule has 0 radical (unpaired) electrons. The molecule has 0 saturated heterocycles.